The molecule has 9 nitrogen and oxygen atoms in total. The molecule has 0 aliphatic rings. The van der Waals surface area contributed by atoms with Crippen molar-refractivity contribution in [2.24, 2.45) is 0 Å². The predicted octanol–water partition coefficient (Wildman–Crippen LogP) is 1.35. The molecule has 0 spiro atoms. The van der Waals surface area contributed by atoms with Crippen LogP contribution in [0.5, 0.6) is 0 Å². The lowest BCUT2D eigenvalue weighted by atomic mass is 10.4. The van der Waals surface area contributed by atoms with Gasteiger partial charge in [0.2, 0.25) is 10.0 Å². The Balaban J connectivity index is 1.75. The van der Waals surface area contributed by atoms with E-state index < -0.39 is 20.0 Å². The molecule has 1 aromatic carbocycles. The number of nitrogens with one attached hydrogen (secondary N) is 2. The maximum absolute atomic E-state index is 12.3. The Morgan fingerprint density at radius 1 is 0.885 bits per heavy atom. The Bertz CT molecular complexity index is 1060. The van der Waals surface area contributed by atoms with E-state index in [1.807, 2.05) is 0 Å². The topological polar surface area (TPSA) is 131 Å². The minimum atomic E-state index is -3.87. The summed E-state index contributed by atoms with van der Waals surface area (Å²) < 4.78 is 58.4. The third kappa shape index (κ3) is 4.25. The third-order valence-corrected chi connectivity index (χ3v) is 6.07. The van der Waals surface area contributed by atoms with Gasteiger partial charge in [-0.1, -0.05) is 11.2 Å². The average Bonchev–Trinajstić information content (AvgIpc) is 3.14. The molecule has 11 heteroatoms. The summed E-state index contributed by atoms with van der Waals surface area (Å²) in [6.07, 6.45) is 2.78. The van der Waals surface area contributed by atoms with E-state index in [4.69, 9.17) is 0 Å². The van der Waals surface area contributed by atoms with Crippen molar-refractivity contribution in [3.05, 3.63) is 66.7 Å². The van der Waals surface area contributed by atoms with Gasteiger partial charge in [0.25, 0.3) is 10.0 Å². The number of rotatable bonds is 7. The minimum Gasteiger partial charge on any atom is -0.364 e. The van der Waals surface area contributed by atoms with E-state index in [-0.39, 0.29) is 22.2 Å². The van der Waals surface area contributed by atoms with Gasteiger partial charge in [-0.25, -0.2) is 26.5 Å². The highest BCUT2D eigenvalue weighted by molar-refractivity contribution is 7.92. The molecule has 0 radical (unpaired) electrons. The number of hydrogen-bond acceptors (Lipinski definition) is 7. The van der Waals surface area contributed by atoms with E-state index >= 15 is 0 Å². The zero-order valence-corrected chi connectivity index (χ0v) is 14.9. The van der Waals surface area contributed by atoms with Crippen molar-refractivity contribution in [3.8, 4) is 0 Å². The Morgan fingerprint density at radius 2 is 1.58 bits per heavy atom. The molecule has 0 bridgehead atoms. The third-order valence-electron chi connectivity index (χ3n) is 3.28. The van der Waals surface area contributed by atoms with Crippen LogP contribution >= 0.6 is 0 Å². The predicted molar refractivity (Wildman–Crippen MR) is 92.0 cm³/mol. The molecule has 26 heavy (non-hydrogen) atoms. The van der Waals surface area contributed by atoms with Gasteiger partial charge in [0, 0.05) is 12.3 Å². The van der Waals surface area contributed by atoms with Gasteiger partial charge in [-0.15, -0.1) is 0 Å². The molecule has 0 saturated carbocycles. The van der Waals surface area contributed by atoms with Crippen LogP contribution in [-0.4, -0.2) is 27.0 Å². The Kier molecular flexibility index (Phi) is 5.02. The van der Waals surface area contributed by atoms with Gasteiger partial charge in [0.1, 0.15) is 12.1 Å². The number of aromatic nitrogens is 2. The van der Waals surface area contributed by atoms with Crippen molar-refractivity contribution in [3.63, 3.8) is 0 Å². The van der Waals surface area contributed by atoms with Crippen LogP contribution in [-0.2, 0) is 26.6 Å². The van der Waals surface area contributed by atoms with Crippen LogP contribution in [0.25, 0.3) is 0 Å². The van der Waals surface area contributed by atoms with Crippen LogP contribution in [0.1, 0.15) is 5.69 Å². The van der Waals surface area contributed by atoms with E-state index in [9.17, 15) is 16.8 Å². The molecular weight excluding hydrogens is 380 g/mol. The van der Waals surface area contributed by atoms with Gasteiger partial charge in [0.05, 0.1) is 22.0 Å². The molecule has 2 heterocycles. The van der Waals surface area contributed by atoms with E-state index in [0.717, 1.165) is 0 Å². The van der Waals surface area contributed by atoms with Crippen molar-refractivity contribution in [2.75, 3.05) is 4.72 Å². The van der Waals surface area contributed by atoms with Crippen LogP contribution in [0, 0.1) is 0 Å². The number of anilines is 1. The first kappa shape index (κ1) is 18.0. The number of pyridine rings is 1. The van der Waals surface area contributed by atoms with Gasteiger partial charge in [-0.05, 0) is 36.4 Å². The summed E-state index contributed by atoms with van der Waals surface area (Å²) in [6, 6.07) is 11.2. The van der Waals surface area contributed by atoms with Crippen LogP contribution in [0.3, 0.4) is 0 Å². The van der Waals surface area contributed by atoms with Crippen LogP contribution in [0.4, 0.5) is 5.82 Å². The van der Waals surface area contributed by atoms with E-state index in [0.29, 0.717) is 5.69 Å². The maximum Gasteiger partial charge on any atom is 0.263 e. The second kappa shape index (κ2) is 7.23. The molecule has 3 rings (SSSR count). The summed E-state index contributed by atoms with van der Waals surface area (Å²) in [7, 11) is -7.69. The molecule has 0 fully saturated rings. The SMILES string of the molecule is O=S(=O)(NCc1ccon1)c1ccc(S(=O)(=O)Nc2ccccn2)cc1. The molecule has 136 valence electrons. The summed E-state index contributed by atoms with van der Waals surface area (Å²) in [5.41, 5.74) is 0.423. The van der Waals surface area contributed by atoms with E-state index in [1.165, 1.54) is 48.9 Å². The molecule has 0 saturated heterocycles. The summed E-state index contributed by atoms with van der Waals surface area (Å²) in [6.45, 7) is -0.0416. The van der Waals surface area contributed by atoms with Crippen molar-refractivity contribution in [1.29, 1.82) is 0 Å². The number of sulfonamides is 2. The van der Waals surface area contributed by atoms with Gasteiger partial charge in [0.15, 0.2) is 0 Å². The maximum atomic E-state index is 12.3. The van der Waals surface area contributed by atoms with Crippen LogP contribution < -0.4 is 9.44 Å². The molecule has 0 amide bonds. The standard InChI is InChI=1S/C15H14N4O5S2/c20-25(21,17-11-12-8-10-24-18-12)13-4-6-14(7-5-13)26(22,23)19-15-3-1-2-9-16-15/h1-10,17H,11H2,(H,16,19). The van der Waals surface area contributed by atoms with Crippen LogP contribution in [0.2, 0.25) is 0 Å². The lowest BCUT2D eigenvalue weighted by Gasteiger charge is -2.09. The quantitative estimate of drug-likeness (QED) is 0.618. The van der Waals surface area contributed by atoms with E-state index in [2.05, 4.69) is 24.1 Å². The van der Waals surface area contributed by atoms with Crippen LogP contribution in [0.15, 0.2) is 75.3 Å². The van der Waals surface area contributed by atoms with Crippen molar-refractivity contribution in [1.82, 2.24) is 14.9 Å². The largest absolute Gasteiger partial charge is 0.364 e. The summed E-state index contributed by atoms with van der Waals surface area (Å²) in [5, 5.41) is 3.60. The van der Waals surface area contributed by atoms with Gasteiger partial charge >= 0.3 is 0 Å². The fourth-order valence-corrected chi connectivity index (χ4v) is 4.01. The fraction of sp³-hybridized carbons (Fsp3) is 0.0667. The first-order valence-electron chi connectivity index (χ1n) is 7.30. The smallest absolute Gasteiger partial charge is 0.263 e. The second-order valence-electron chi connectivity index (χ2n) is 5.11. The van der Waals surface area contributed by atoms with Crippen molar-refractivity contribution < 1.29 is 21.4 Å². The number of benzene rings is 1. The molecule has 3 aromatic rings. The fourth-order valence-electron chi connectivity index (χ4n) is 2.00. The molecule has 0 unspecified atom stereocenters. The summed E-state index contributed by atoms with van der Waals surface area (Å²) in [5.74, 6) is 0.165. The van der Waals surface area contributed by atoms with Gasteiger partial charge < -0.3 is 4.52 Å². The lowest BCUT2D eigenvalue weighted by molar-refractivity contribution is 0.411. The minimum absolute atomic E-state index is 0.0416. The van der Waals surface area contributed by atoms with Gasteiger partial charge in [-0.3, -0.25) is 4.72 Å². The highest BCUT2D eigenvalue weighted by Crippen LogP contribution is 2.17. The number of nitrogens with zero attached hydrogens (tertiary/aromatic N) is 2. The summed E-state index contributed by atoms with van der Waals surface area (Å²) in [4.78, 5) is 3.73. The van der Waals surface area contributed by atoms with Gasteiger partial charge in [-0.2, -0.15) is 0 Å². The molecule has 2 N–H and O–H groups in total. The monoisotopic (exact) mass is 394 g/mol. The normalized spacial score (nSPS) is 12.0. The molecular formula is C15H14N4O5S2. The highest BCUT2D eigenvalue weighted by atomic mass is 32.2. The van der Waals surface area contributed by atoms with Crippen molar-refractivity contribution >= 4 is 25.9 Å². The zero-order chi connectivity index (χ0) is 18.6. The first-order chi connectivity index (χ1) is 12.4. The summed E-state index contributed by atoms with van der Waals surface area (Å²) >= 11 is 0. The highest BCUT2D eigenvalue weighted by Gasteiger charge is 2.18. The van der Waals surface area contributed by atoms with Crippen molar-refractivity contribution in [2.45, 2.75) is 16.3 Å². The average molecular weight is 394 g/mol. The zero-order valence-electron chi connectivity index (χ0n) is 13.2. The Labute approximate surface area is 150 Å². The Morgan fingerprint density at radius 3 is 2.15 bits per heavy atom. The van der Waals surface area contributed by atoms with E-state index in [1.54, 1.807) is 12.1 Å². The first-order valence-corrected chi connectivity index (χ1v) is 10.3. The second-order valence-corrected chi connectivity index (χ2v) is 8.56. The molecule has 0 atom stereocenters. The molecule has 2 aromatic heterocycles. The number of hydrogen-bond donors (Lipinski definition) is 2. The molecule has 0 aliphatic carbocycles. The lowest BCUT2D eigenvalue weighted by Crippen LogP contribution is -2.23. The molecule has 0 aliphatic heterocycles. The Hall–Kier alpha value is -2.76.